The highest BCUT2D eigenvalue weighted by Gasteiger charge is 2.20. The van der Waals surface area contributed by atoms with Gasteiger partial charge in [-0.2, -0.15) is 0 Å². The van der Waals surface area contributed by atoms with Crippen LogP contribution in [0, 0.1) is 0 Å². The molecule has 9 aromatic rings. The summed E-state index contributed by atoms with van der Waals surface area (Å²) in [5.41, 5.74) is 11.9. The molecule has 0 radical (unpaired) electrons. The second-order valence-corrected chi connectivity index (χ2v) is 14.5. The first kappa shape index (κ1) is 32.7. The van der Waals surface area contributed by atoms with Crippen molar-refractivity contribution >= 4 is 49.4 Å². The number of anilines is 3. The maximum atomic E-state index is 2.43. The van der Waals surface area contributed by atoms with Gasteiger partial charge in [0, 0.05) is 22.9 Å². The Morgan fingerprint density at radius 3 is 1.89 bits per heavy atom. The lowest BCUT2D eigenvalue weighted by atomic mass is 9.90. The van der Waals surface area contributed by atoms with Crippen molar-refractivity contribution in [1.29, 1.82) is 0 Å². The third-order valence-corrected chi connectivity index (χ3v) is 11.1. The molecule has 55 heavy (non-hydrogen) atoms. The number of hydrogen-bond acceptors (Lipinski definition) is 1. The van der Waals surface area contributed by atoms with Gasteiger partial charge >= 0.3 is 0 Å². The van der Waals surface area contributed by atoms with E-state index in [4.69, 9.17) is 0 Å². The number of para-hydroxylation sites is 1. The van der Waals surface area contributed by atoms with Crippen LogP contribution in [0.3, 0.4) is 0 Å². The zero-order chi connectivity index (χ0) is 36.6. The molecule has 9 aromatic carbocycles. The number of nitrogens with zero attached hydrogens (tertiary/aromatic N) is 1. The molecule has 0 saturated heterocycles. The van der Waals surface area contributed by atoms with E-state index >= 15 is 0 Å². The van der Waals surface area contributed by atoms with Gasteiger partial charge in [0.15, 0.2) is 0 Å². The van der Waals surface area contributed by atoms with Gasteiger partial charge in [-0.1, -0.05) is 176 Å². The van der Waals surface area contributed by atoms with Crippen molar-refractivity contribution in [3.63, 3.8) is 0 Å². The molecule has 0 spiro atoms. The van der Waals surface area contributed by atoms with Crippen LogP contribution in [0.5, 0.6) is 0 Å². The fraction of sp³-hybridized carbons (Fsp3) is 0.0370. The minimum absolute atomic E-state index is 0.414. The molecule has 1 aliphatic carbocycles. The van der Waals surface area contributed by atoms with Crippen LogP contribution in [0.4, 0.5) is 17.1 Å². The largest absolute Gasteiger partial charge is 0.310 e. The van der Waals surface area contributed by atoms with Gasteiger partial charge in [-0.3, -0.25) is 0 Å². The summed E-state index contributed by atoms with van der Waals surface area (Å²) in [5.74, 6) is 0.414. The average molecular weight is 702 g/mol. The van der Waals surface area contributed by atoms with E-state index in [0.29, 0.717) is 5.92 Å². The van der Waals surface area contributed by atoms with Gasteiger partial charge in [0.1, 0.15) is 0 Å². The van der Waals surface area contributed by atoms with Gasteiger partial charge in [0.25, 0.3) is 0 Å². The summed E-state index contributed by atoms with van der Waals surface area (Å²) in [4.78, 5) is 2.43. The monoisotopic (exact) mass is 701 g/mol. The Hall–Kier alpha value is -6.96. The van der Waals surface area contributed by atoms with Crippen LogP contribution in [-0.4, -0.2) is 0 Å². The molecule has 0 amide bonds. The van der Waals surface area contributed by atoms with Crippen molar-refractivity contribution < 1.29 is 0 Å². The van der Waals surface area contributed by atoms with Crippen molar-refractivity contribution in [2.75, 3.05) is 4.90 Å². The Labute approximate surface area is 322 Å². The van der Waals surface area contributed by atoms with E-state index in [0.717, 1.165) is 23.5 Å². The van der Waals surface area contributed by atoms with Gasteiger partial charge in [-0.15, -0.1) is 0 Å². The van der Waals surface area contributed by atoms with E-state index in [2.05, 4.69) is 223 Å². The zero-order valence-electron chi connectivity index (χ0n) is 30.5. The predicted molar refractivity (Wildman–Crippen MR) is 236 cm³/mol. The quantitative estimate of drug-likeness (QED) is 0.150. The van der Waals surface area contributed by atoms with Crippen LogP contribution >= 0.6 is 0 Å². The summed E-state index contributed by atoms with van der Waals surface area (Å²) in [5, 5.41) is 7.51. The highest BCUT2D eigenvalue weighted by atomic mass is 15.1. The summed E-state index contributed by atoms with van der Waals surface area (Å²) < 4.78 is 0. The maximum Gasteiger partial charge on any atom is 0.0540 e. The second-order valence-electron chi connectivity index (χ2n) is 14.5. The van der Waals surface area contributed by atoms with E-state index in [1.54, 1.807) is 0 Å². The first-order valence-corrected chi connectivity index (χ1v) is 19.2. The number of benzene rings is 9. The zero-order valence-corrected chi connectivity index (χ0v) is 30.5. The Bertz CT molecular complexity index is 2910. The van der Waals surface area contributed by atoms with Crippen molar-refractivity contribution in [2.45, 2.75) is 12.3 Å². The van der Waals surface area contributed by atoms with Gasteiger partial charge in [-0.05, 0) is 115 Å². The Morgan fingerprint density at radius 1 is 0.382 bits per heavy atom. The summed E-state index contributed by atoms with van der Waals surface area (Å²) in [7, 11) is 0. The standard InChI is InChI=1S/C54H39N/c1-2-14-38(15-3-1)42-19-12-20-43(34-42)40-30-32-47(33-31-40)55(48-22-13-21-44(36-48)45-29-28-39-16-4-5-17-41(39)35-45)54-27-11-10-26-52(54)53-37-46-18-6-7-23-49(46)50-24-8-9-25-51(50)53/h1-14,16-38H,15H2. The van der Waals surface area contributed by atoms with Gasteiger partial charge in [-0.25, -0.2) is 0 Å². The molecule has 0 aliphatic heterocycles. The van der Waals surface area contributed by atoms with Crippen LogP contribution in [0.15, 0.2) is 218 Å². The third kappa shape index (κ3) is 6.20. The number of hydrogen-bond donors (Lipinski definition) is 0. The molecule has 0 heterocycles. The molecular formula is C54H39N. The van der Waals surface area contributed by atoms with Gasteiger partial charge in [0.05, 0.1) is 5.69 Å². The molecule has 0 saturated carbocycles. The van der Waals surface area contributed by atoms with Crippen molar-refractivity contribution in [1.82, 2.24) is 0 Å². The number of allylic oxidation sites excluding steroid dienone is 4. The van der Waals surface area contributed by atoms with Crippen LogP contribution < -0.4 is 4.90 Å². The molecule has 10 rings (SSSR count). The molecule has 1 aliphatic rings. The summed E-state index contributed by atoms with van der Waals surface area (Å²) in [6.45, 7) is 0. The van der Waals surface area contributed by atoms with E-state index in [1.807, 2.05) is 0 Å². The molecule has 0 fully saturated rings. The van der Waals surface area contributed by atoms with E-state index in [9.17, 15) is 0 Å². The molecule has 1 heteroatoms. The van der Waals surface area contributed by atoms with Crippen LogP contribution in [0.1, 0.15) is 17.9 Å². The van der Waals surface area contributed by atoms with Gasteiger partial charge in [0.2, 0.25) is 0 Å². The highest BCUT2D eigenvalue weighted by Crippen LogP contribution is 2.45. The highest BCUT2D eigenvalue weighted by molar-refractivity contribution is 6.15. The minimum atomic E-state index is 0.414. The lowest BCUT2D eigenvalue weighted by Gasteiger charge is -2.29. The predicted octanol–water partition coefficient (Wildman–Crippen LogP) is 15.2. The van der Waals surface area contributed by atoms with Crippen molar-refractivity contribution in [2.24, 2.45) is 0 Å². The molecule has 0 aromatic heterocycles. The maximum absolute atomic E-state index is 2.43. The fourth-order valence-corrected chi connectivity index (χ4v) is 8.37. The molecule has 1 unspecified atom stereocenters. The smallest absolute Gasteiger partial charge is 0.0540 e. The van der Waals surface area contributed by atoms with Gasteiger partial charge < -0.3 is 4.90 Å². The molecule has 1 atom stereocenters. The minimum Gasteiger partial charge on any atom is -0.310 e. The van der Waals surface area contributed by atoms with E-state index in [-0.39, 0.29) is 0 Å². The second kappa shape index (κ2) is 14.1. The summed E-state index contributed by atoms with van der Waals surface area (Å²) >= 11 is 0. The van der Waals surface area contributed by atoms with Crippen molar-refractivity contribution in [3.8, 4) is 33.4 Å². The lowest BCUT2D eigenvalue weighted by molar-refractivity contribution is 0.854. The van der Waals surface area contributed by atoms with E-state index in [1.165, 1.54) is 71.3 Å². The summed E-state index contributed by atoms with van der Waals surface area (Å²) in [6, 6.07) is 71.3. The number of fused-ring (bicyclic) bond motifs is 4. The molecule has 260 valence electrons. The molecular weight excluding hydrogens is 663 g/mol. The third-order valence-electron chi connectivity index (χ3n) is 11.1. The average Bonchev–Trinajstić information content (AvgIpc) is 3.27. The molecule has 0 N–H and O–H groups in total. The SMILES string of the molecule is C1=CCC(c2cccc(-c3ccc(N(c4cccc(-c5ccc6ccccc6c5)c4)c4ccccc4-c4cc5ccccc5c5ccccc45)cc3)c2)C=C1. The normalized spacial score (nSPS) is 13.8. The Balaban J connectivity index is 1.13. The Kier molecular flexibility index (Phi) is 8.39. The number of rotatable bonds is 7. The van der Waals surface area contributed by atoms with Crippen LogP contribution in [0.25, 0.3) is 65.7 Å². The molecule has 1 nitrogen and oxygen atoms in total. The molecule has 0 bridgehead atoms. The summed E-state index contributed by atoms with van der Waals surface area (Å²) in [6.07, 6.45) is 9.91. The van der Waals surface area contributed by atoms with Crippen LogP contribution in [-0.2, 0) is 0 Å². The van der Waals surface area contributed by atoms with Crippen LogP contribution in [0.2, 0.25) is 0 Å². The van der Waals surface area contributed by atoms with Crippen molar-refractivity contribution in [3.05, 3.63) is 224 Å². The topological polar surface area (TPSA) is 3.24 Å². The van der Waals surface area contributed by atoms with E-state index < -0.39 is 0 Å². The fourth-order valence-electron chi connectivity index (χ4n) is 8.37. The lowest BCUT2D eigenvalue weighted by Crippen LogP contribution is -2.11. The first-order valence-electron chi connectivity index (χ1n) is 19.2. The Morgan fingerprint density at radius 2 is 1.05 bits per heavy atom. The first-order chi connectivity index (χ1) is 27.3.